The quantitative estimate of drug-likeness (QED) is 0.659. The Hall–Kier alpha value is -2.18. The number of quaternary nitrogens is 1. The number of benzene rings is 1. The molecule has 0 aliphatic carbocycles. The molecular formula is C18H21N2O3S+. The number of aromatic hydroxyl groups is 1. The number of nitrogens with zero attached hydrogens (tertiary/aromatic N) is 1. The topological polar surface area (TPSA) is 63.3 Å². The summed E-state index contributed by atoms with van der Waals surface area (Å²) in [6.07, 6.45) is 2.47. The van der Waals surface area contributed by atoms with Crippen molar-refractivity contribution < 1.29 is 19.5 Å². The SMILES string of the molecule is COC(=O)c1c(/N=C/c2cc(C)ccc2O)sc2c1CC[NH+](C)C2. The molecule has 3 rings (SSSR count). The van der Waals surface area contributed by atoms with Crippen LogP contribution in [0.3, 0.4) is 0 Å². The van der Waals surface area contributed by atoms with Crippen LogP contribution in [0.1, 0.15) is 31.9 Å². The largest absolute Gasteiger partial charge is 0.507 e. The summed E-state index contributed by atoms with van der Waals surface area (Å²) in [6, 6.07) is 5.35. The predicted molar refractivity (Wildman–Crippen MR) is 94.9 cm³/mol. The smallest absolute Gasteiger partial charge is 0.341 e. The number of carbonyl (C=O) groups is 1. The zero-order valence-corrected chi connectivity index (χ0v) is 14.9. The number of aryl methyl sites for hydroxylation is 1. The van der Waals surface area contributed by atoms with Gasteiger partial charge < -0.3 is 14.7 Å². The first-order valence-electron chi connectivity index (χ1n) is 7.87. The average Bonchev–Trinajstić information content (AvgIpc) is 2.92. The van der Waals surface area contributed by atoms with Gasteiger partial charge in [-0.25, -0.2) is 9.79 Å². The van der Waals surface area contributed by atoms with Gasteiger partial charge in [0.15, 0.2) is 0 Å². The Morgan fingerprint density at radius 2 is 2.25 bits per heavy atom. The van der Waals surface area contributed by atoms with Crippen molar-refractivity contribution in [2.45, 2.75) is 19.9 Å². The van der Waals surface area contributed by atoms with Gasteiger partial charge in [0.05, 0.1) is 25.6 Å². The van der Waals surface area contributed by atoms with Crippen molar-refractivity contribution in [1.82, 2.24) is 0 Å². The molecule has 126 valence electrons. The molecule has 24 heavy (non-hydrogen) atoms. The number of methoxy groups -OCH3 is 1. The second-order valence-corrected chi connectivity index (χ2v) is 7.21. The number of phenols is 1. The zero-order valence-electron chi connectivity index (χ0n) is 14.0. The van der Waals surface area contributed by atoms with E-state index in [0.29, 0.717) is 16.1 Å². The maximum atomic E-state index is 12.2. The lowest BCUT2D eigenvalue weighted by atomic mass is 10.0. The number of hydrogen-bond acceptors (Lipinski definition) is 5. The van der Waals surface area contributed by atoms with Crippen molar-refractivity contribution in [1.29, 1.82) is 0 Å². The van der Waals surface area contributed by atoms with Gasteiger partial charge in [0.25, 0.3) is 0 Å². The number of thiophene rings is 1. The van der Waals surface area contributed by atoms with Gasteiger partial charge in [-0.1, -0.05) is 11.6 Å². The predicted octanol–water partition coefficient (Wildman–Crippen LogP) is 1.87. The third-order valence-corrected chi connectivity index (χ3v) is 5.37. The maximum absolute atomic E-state index is 12.2. The van der Waals surface area contributed by atoms with Gasteiger partial charge in [0.1, 0.15) is 22.9 Å². The number of rotatable bonds is 3. The molecule has 0 saturated heterocycles. The molecule has 6 heteroatoms. The van der Waals surface area contributed by atoms with Crippen LogP contribution in [0.5, 0.6) is 5.75 Å². The lowest BCUT2D eigenvalue weighted by Crippen LogP contribution is -3.08. The van der Waals surface area contributed by atoms with Crippen LogP contribution in [0, 0.1) is 6.92 Å². The van der Waals surface area contributed by atoms with Crippen LogP contribution in [-0.4, -0.2) is 38.0 Å². The van der Waals surface area contributed by atoms with Crippen molar-refractivity contribution >= 4 is 28.5 Å². The first kappa shape index (κ1) is 16.7. The zero-order chi connectivity index (χ0) is 17.3. The molecule has 2 N–H and O–H groups in total. The summed E-state index contributed by atoms with van der Waals surface area (Å²) in [5.41, 5.74) is 3.32. The van der Waals surface area contributed by atoms with E-state index < -0.39 is 0 Å². The molecule has 1 aliphatic heterocycles. The second kappa shape index (κ2) is 6.75. The van der Waals surface area contributed by atoms with Crippen molar-refractivity contribution in [2.75, 3.05) is 20.7 Å². The molecule has 0 bridgehead atoms. The summed E-state index contributed by atoms with van der Waals surface area (Å²) in [5.74, 6) is -0.165. The maximum Gasteiger partial charge on any atom is 0.341 e. The van der Waals surface area contributed by atoms with E-state index in [0.717, 1.165) is 30.6 Å². The Balaban J connectivity index is 2.02. The Morgan fingerprint density at radius 3 is 3.00 bits per heavy atom. The molecule has 1 unspecified atom stereocenters. The molecule has 1 aromatic heterocycles. The van der Waals surface area contributed by atoms with Crippen LogP contribution in [0.4, 0.5) is 5.00 Å². The number of likely N-dealkylation sites (N-methyl/N-ethyl adjacent to an activating group) is 1. The number of carbonyl (C=O) groups excluding carboxylic acids is 1. The molecule has 0 amide bonds. The number of ether oxygens (including phenoxy) is 1. The van der Waals surface area contributed by atoms with Crippen molar-refractivity contribution in [2.24, 2.45) is 4.99 Å². The highest BCUT2D eigenvalue weighted by Gasteiger charge is 2.29. The summed E-state index contributed by atoms with van der Waals surface area (Å²) in [7, 11) is 3.54. The summed E-state index contributed by atoms with van der Waals surface area (Å²) in [4.78, 5) is 19.4. The van der Waals surface area contributed by atoms with E-state index in [1.807, 2.05) is 19.1 Å². The van der Waals surface area contributed by atoms with E-state index >= 15 is 0 Å². The van der Waals surface area contributed by atoms with Crippen LogP contribution in [0.25, 0.3) is 0 Å². The summed E-state index contributed by atoms with van der Waals surface area (Å²) in [6.45, 7) is 3.85. The fourth-order valence-corrected chi connectivity index (χ4v) is 4.21. The standard InChI is InChI=1S/C18H20N2O3S/c1-11-4-5-14(21)12(8-11)9-19-17-16(18(22)23-3)13-6-7-20(2)10-15(13)24-17/h4-5,8-9,21H,6-7,10H2,1-3H3/p+1/b19-9+. The lowest BCUT2D eigenvalue weighted by molar-refractivity contribution is -0.895. The number of nitrogens with one attached hydrogen (secondary N) is 1. The molecule has 0 saturated carbocycles. The molecule has 1 aromatic carbocycles. The van der Waals surface area contributed by atoms with Gasteiger partial charge in [0, 0.05) is 18.2 Å². The summed E-state index contributed by atoms with van der Waals surface area (Å²) in [5, 5.41) is 10.6. The Bertz CT molecular complexity index is 811. The first-order chi connectivity index (χ1) is 11.5. The minimum Gasteiger partial charge on any atom is -0.507 e. The van der Waals surface area contributed by atoms with Crippen LogP contribution in [-0.2, 0) is 17.7 Å². The molecule has 0 spiro atoms. The van der Waals surface area contributed by atoms with Crippen molar-refractivity contribution in [3.05, 3.63) is 45.3 Å². The van der Waals surface area contributed by atoms with E-state index in [1.54, 1.807) is 12.3 Å². The number of fused-ring (bicyclic) bond motifs is 1. The molecule has 5 nitrogen and oxygen atoms in total. The van der Waals surface area contributed by atoms with Gasteiger partial charge in [-0.2, -0.15) is 0 Å². The highest BCUT2D eigenvalue weighted by Crippen LogP contribution is 2.37. The van der Waals surface area contributed by atoms with Crippen LogP contribution in [0.15, 0.2) is 23.2 Å². The van der Waals surface area contributed by atoms with E-state index in [1.165, 1.54) is 28.2 Å². The molecule has 0 fully saturated rings. The molecule has 2 aromatic rings. The van der Waals surface area contributed by atoms with Crippen LogP contribution >= 0.6 is 11.3 Å². The van der Waals surface area contributed by atoms with Crippen LogP contribution in [0.2, 0.25) is 0 Å². The first-order valence-corrected chi connectivity index (χ1v) is 8.69. The summed E-state index contributed by atoms with van der Waals surface area (Å²) >= 11 is 1.54. The number of hydrogen-bond donors (Lipinski definition) is 2. The van der Waals surface area contributed by atoms with Crippen LogP contribution < -0.4 is 4.90 Å². The number of aliphatic imine (C=N–C) groups is 1. The molecular weight excluding hydrogens is 324 g/mol. The third kappa shape index (κ3) is 3.20. The minimum absolute atomic E-state index is 0.175. The summed E-state index contributed by atoms with van der Waals surface area (Å²) < 4.78 is 4.96. The average molecular weight is 345 g/mol. The van der Waals surface area contributed by atoms with E-state index in [9.17, 15) is 9.90 Å². The van der Waals surface area contributed by atoms with E-state index in [4.69, 9.17) is 4.74 Å². The van der Waals surface area contributed by atoms with Gasteiger partial charge in [-0.15, -0.1) is 11.3 Å². The normalized spacial score (nSPS) is 17.0. The Morgan fingerprint density at radius 1 is 1.46 bits per heavy atom. The monoisotopic (exact) mass is 345 g/mol. The molecule has 0 radical (unpaired) electrons. The molecule has 2 heterocycles. The highest BCUT2D eigenvalue weighted by atomic mass is 32.1. The lowest BCUT2D eigenvalue weighted by Gasteiger charge is -2.19. The Labute approximate surface area is 145 Å². The fraction of sp³-hybridized carbons (Fsp3) is 0.333. The fourth-order valence-electron chi connectivity index (χ4n) is 2.91. The molecule has 1 atom stereocenters. The van der Waals surface area contributed by atoms with Gasteiger partial charge in [-0.3, -0.25) is 0 Å². The van der Waals surface area contributed by atoms with Gasteiger partial charge >= 0.3 is 5.97 Å². The molecule has 1 aliphatic rings. The number of esters is 1. The Kier molecular flexibility index (Phi) is 4.69. The minimum atomic E-state index is -0.340. The van der Waals surface area contributed by atoms with E-state index in [2.05, 4.69) is 12.0 Å². The number of phenolic OH excluding ortho intramolecular Hbond substituents is 1. The third-order valence-electron chi connectivity index (χ3n) is 4.23. The van der Waals surface area contributed by atoms with E-state index in [-0.39, 0.29) is 11.7 Å². The second-order valence-electron chi connectivity index (χ2n) is 6.13. The highest BCUT2D eigenvalue weighted by molar-refractivity contribution is 7.16. The van der Waals surface area contributed by atoms with Gasteiger partial charge in [-0.05, 0) is 24.6 Å². The van der Waals surface area contributed by atoms with Crippen molar-refractivity contribution in [3.8, 4) is 5.75 Å². The van der Waals surface area contributed by atoms with Crippen molar-refractivity contribution in [3.63, 3.8) is 0 Å². The van der Waals surface area contributed by atoms with Gasteiger partial charge in [0.2, 0.25) is 0 Å².